The molecule has 0 fully saturated rings. The molecule has 2 aromatic carbocycles. The summed E-state index contributed by atoms with van der Waals surface area (Å²) in [6.45, 7) is 0.862. The lowest BCUT2D eigenvalue weighted by atomic mass is 10.0. The Hall–Kier alpha value is -2.58. The van der Waals surface area contributed by atoms with E-state index in [0.717, 1.165) is 25.1 Å². The van der Waals surface area contributed by atoms with Crippen molar-refractivity contribution in [3.8, 4) is 0 Å². The van der Waals surface area contributed by atoms with Gasteiger partial charge in [0.05, 0.1) is 12.0 Å². The largest absolute Gasteiger partial charge is 0.416 e. The van der Waals surface area contributed by atoms with Crippen LogP contribution in [0.5, 0.6) is 0 Å². The molecule has 0 aromatic heterocycles. The van der Waals surface area contributed by atoms with Gasteiger partial charge >= 0.3 is 6.18 Å². The molecule has 9 heteroatoms. The van der Waals surface area contributed by atoms with Crippen molar-refractivity contribution >= 4 is 11.6 Å². The van der Waals surface area contributed by atoms with Crippen LogP contribution in [0.1, 0.15) is 16.7 Å². The molecule has 0 saturated heterocycles. The number of benzene rings is 2. The van der Waals surface area contributed by atoms with Crippen LogP contribution in [0, 0.1) is 30.2 Å². The first kappa shape index (κ1) is 18.8. The summed E-state index contributed by atoms with van der Waals surface area (Å²) >= 11 is 0. The fourth-order valence-electron chi connectivity index (χ4n) is 2.11. The maximum absolute atomic E-state index is 13.8. The number of nitrogens with one attached hydrogen (secondary N) is 1. The van der Waals surface area contributed by atoms with Gasteiger partial charge in [0.25, 0.3) is 0 Å². The van der Waals surface area contributed by atoms with Crippen molar-refractivity contribution in [1.82, 2.24) is 0 Å². The van der Waals surface area contributed by atoms with Crippen molar-refractivity contribution in [2.75, 3.05) is 5.32 Å². The third-order valence-corrected chi connectivity index (χ3v) is 3.38. The van der Waals surface area contributed by atoms with E-state index in [4.69, 9.17) is 0 Å². The van der Waals surface area contributed by atoms with Gasteiger partial charge in [-0.3, -0.25) is 4.79 Å². The second-order valence-electron chi connectivity index (χ2n) is 5.16. The summed E-state index contributed by atoms with van der Waals surface area (Å²) in [7, 11) is 0. The Morgan fingerprint density at radius 1 is 1.00 bits per heavy atom. The normalized spacial score (nSPS) is 11.5. The molecular formula is C16H10F7NO. The van der Waals surface area contributed by atoms with Crippen molar-refractivity contribution in [2.45, 2.75) is 19.5 Å². The molecule has 0 aliphatic rings. The number of carbonyl (C=O) groups excluding carboxylic acids is 1. The fraction of sp³-hybridized carbons (Fsp3) is 0.188. The summed E-state index contributed by atoms with van der Waals surface area (Å²) in [6.07, 6.45) is -5.66. The lowest BCUT2D eigenvalue weighted by molar-refractivity contribution is -0.137. The Bertz CT molecular complexity index is 801. The highest BCUT2D eigenvalue weighted by atomic mass is 19.4. The summed E-state index contributed by atoms with van der Waals surface area (Å²) in [4.78, 5) is 11.8. The minimum absolute atomic E-state index is 0.264. The number of hydrogen-bond acceptors (Lipinski definition) is 1. The quantitative estimate of drug-likeness (QED) is 0.475. The van der Waals surface area contributed by atoms with Crippen LogP contribution < -0.4 is 5.32 Å². The lowest BCUT2D eigenvalue weighted by Crippen LogP contribution is -2.18. The van der Waals surface area contributed by atoms with Gasteiger partial charge in [-0.2, -0.15) is 13.2 Å². The molecule has 134 valence electrons. The van der Waals surface area contributed by atoms with Crippen LogP contribution in [0.25, 0.3) is 0 Å². The fourth-order valence-corrected chi connectivity index (χ4v) is 2.11. The van der Waals surface area contributed by atoms with Crippen LogP contribution in [-0.2, 0) is 17.4 Å². The van der Waals surface area contributed by atoms with Crippen LogP contribution in [0.4, 0.5) is 36.4 Å². The van der Waals surface area contributed by atoms with E-state index in [9.17, 15) is 35.5 Å². The van der Waals surface area contributed by atoms with E-state index >= 15 is 0 Å². The van der Waals surface area contributed by atoms with Crippen molar-refractivity contribution in [3.63, 3.8) is 0 Å². The highest BCUT2D eigenvalue weighted by Crippen LogP contribution is 2.31. The van der Waals surface area contributed by atoms with Crippen molar-refractivity contribution in [1.29, 1.82) is 0 Å². The molecule has 25 heavy (non-hydrogen) atoms. The molecular weight excluding hydrogens is 355 g/mol. The van der Waals surface area contributed by atoms with E-state index in [-0.39, 0.29) is 5.69 Å². The smallest absolute Gasteiger partial charge is 0.326 e. The summed E-state index contributed by atoms with van der Waals surface area (Å²) in [6, 6.07) is 3.56. The number of rotatable bonds is 3. The highest BCUT2D eigenvalue weighted by Gasteiger charge is 2.30. The van der Waals surface area contributed by atoms with E-state index in [1.54, 1.807) is 0 Å². The molecule has 0 atom stereocenters. The van der Waals surface area contributed by atoms with Gasteiger partial charge in [-0.25, -0.2) is 17.6 Å². The number of alkyl halides is 3. The lowest BCUT2D eigenvalue weighted by Gasteiger charge is -2.12. The van der Waals surface area contributed by atoms with Crippen LogP contribution in [0.3, 0.4) is 0 Å². The van der Waals surface area contributed by atoms with Gasteiger partial charge in [-0.1, -0.05) is 6.07 Å². The molecule has 2 aromatic rings. The molecule has 0 heterocycles. The highest BCUT2D eigenvalue weighted by molar-refractivity contribution is 5.92. The molecule has 0 radical (unpaired) electrons. The number of halogens is 7. The van der Waals surface area contributed by atoms with Gasteiger partial charge in [0, 0.05) is 16.8 Å². The summed E-state index contributed by atoms with van der Waals surface area (Å²) in [5, 5.41) is 2.02. The second-order valence-corrected chi connectivity index (χ2v) is 5.16. The minimum atomic E-state index is -4.64. The van der Waals surface area contributed by atoms with Gasteiger partial charge in [0.2, 0.25) is 5.91 Å². The predicted octanol–water partition coefficient (Wildman–Crippen LogP) is 4.75. The maximum atomic E-state index is 13.8. The zero-order chi connectivity index (χ0) is 18.9. The van der Waals surface area contributed by atoms with Crippen molar-refractivity contribution < 1.29 is 35.5 Å². The maximum Gasteiger partial charge on any atom is 0.416 e. The zero-order valence-electron chi connectivity index (χ0n) is 12.6. The first-order chi connectivity index (χ1) is 11.5. The molecule has 0 aliphatic carbocycles. The third-order valence-electron chi connectivity index (χ3n) is 3.38. The molecule has 1 amide bonds. The average Bonchev–Trinajstić information content (AvgIpc) is 2.54. The molecule has 2 rings (SSSR count). The standard InChI is InChI=1S/C16H10F7NO/c1-7-12(17)10(14(19)15(20)13(7)18)6-11(25)24-9-4-2-3-8(5-9)16(21,22)23/h2-5H,6H2,1H3,(H,24,25). The van der Waals surface area contributed by atoms with Gasteiger partial charge in [0.1, 0.15) is 5.82 Å². The van der Waals surface area contributed by atoms with E-state index in [1.807, 2.05) is 5.32 Å². The van der Waals surface area contributed by atoms with Gasteiger partial charge in [-0.05, 0) is 25.1 Å². The molecule has 0 unspecified atom stereocenters. The SMILES string of the molecule is Cc1c(F)c(F)c(F)c(CC(=O)Nc2cccc(C(F)(F)F)c2)c1F. The molecule has 2 nitrogen and oxygen atoms in total. The Morgan fingerprint density at radius 2 is 1.64 bits per heavy atom. The topological polar surface area (TPSA) is 29.1 Å². The summed E-state index contributed by atoms with van der Waals surface area (Å²) < 4.78 is 91.8. The molecule has 1 N–H and O–H groups in total. The first-order valence-corrected chi connectivity index (χ1v) is 6.81. The minimum Gasteiger partial charge on any atom is -0.326 e. The first-order valence-electron chi connectivity index (χ1n) is 6.81. The summed E-state index contributed by atoms with van der Waals surface area (Å²) in [5.41, 5.74) is -3.12. The van der Waals surface area contributed by atoms with E-state index in [1.165, 1.54) is 0 Å². The zero-order valence-corrected chi connectivity index (χ0v) is 12.6. The van der Waals surface area contributed by atoms with E-state index in [0.29, 0.717) is 6.07 Å². The monoisotopic (exact) mass is 365 g/mol. The Balaban J connectivity index is 2.25. The molecule has 0 spiro atoms. The van der Waals surface area contributed by atoms with Gasteiger partial charge in [-0.15, -0.1) is 0 Å². The second kappa shape index (κ2) is 6.73. The van der Waals surface area contributed by atoms with E-state index in [2.05, 4.69) is 0 Å². The number of anilines is 1. The Kier molecular flexibility index (Phi) is 5.05. The Labute approximate surface area is 137 Å². The van der Waals surface area contributed by atoms with Gasteiger partial charge < -0.3 is 5.32 Å². The third kappa shape index (κ3) is 3.92. The molecule has 0 bridgehead atoms. The van der Waals surface area contributed by atoms with Crippen LogP contribution >= 0.6 is 0 Å². The van der Waals surface area contributed by atoms with Crippen LogP contribution in [-0.4, -0.2) is 5.91 Å². The van der Waals surface area contributed by atoms with Crippen LogP contribution in [0.15, 0.2) is 24.3 Å². The van der Waals surface area contributed by atoms with Gasteiger partial charge in [0.15, 0.2) is 17.5 Å². The van der Waals surface area contributed by atoms with Crippen molar-refractivity contribution in [3.05, 3.63) is 64.2 Å². The number of hydrogen-bond donors (Lipinski definition) is 1. The predicted molar refractivity (Wildman–Crippen MR) is 74.8 cm³/mol. The molecule has 0 aliphatic heterocycles. The average molecular weight is 365 g/mol. The summed E-state index contributed by atoms with van der Waals surface area (Å²) in [5.74, 6) is -8.03. The Morgan fingerprint density at radius 3 is 2.24 bits per heavy atom. The molecule has 0 saturated carbocycles. The van der Waals surface area contributed by atoms with Crippen molar-refractivity contribution in [2.24, 2.45) is 0 Å². The van der Waals surface area contributed by atoms with Crippen LogP contribution in [0.2, 0.25) is 0 Å². The van der Waals surface area contributed by atoms with E-state index < -0.39 is 58.5 Å². The number of amides is 1. The number of carbonyl (C=O) groups is 1.